The summed E-state index contributed by atoms with van der Waals surface area (Å²) >= 11 is 0. The number of aromatic nitrogens is 5. The Morgan fingerprint density at radius 3 is 2.12 bits per heavy atom. The summed E-state index contributed by atoms with van der Waals surface area (Å²) in [4.78, 5) is 13.6. The number of pyridine rings is 1. The van der Waals surface area contributed by atoms with Crippen LogP contribution < -0.4 is 4.72 Å². The molecular formula is C28H20N6O4S2. The molecule has 0 aliphatic rings. The van der Waals surface area contributed by atoms with E-state index in [0.717, 1.165) is 9.65 Å². The quantitative estimate of drug-likeness (QED) is 0.295. The lowest BCUT2D eigenvalue weighted by Crippen LogP contribution is -2.13. The van der Waals surface area contributed by atoms with Gasteiger partial charge in [-0.05, 0) is 48.0 Å². The average Bonchev–Trinajstić information content (AvgIpc) is 3.49. The van der Waals surface area contributed by atoms with Gasteiger partial charge in [0.1, 0.15) is 0 Å². The van der Waals surface area contributed by atoms with Crippen LogP contribution in [0.1, 0.15) is 0 Å². The molecule has 198 valence electrons. The molecule has 6 aromatic rings. The van der Waals surface area contributed by atoms with Crippen LogP contribution in [0.3, 0.4) is 0 Å². The number of fused-ring (bicyclic) bond motifs is 1. The Morgan fingerprint density at radius 1 is 0.650 bits per heavy atom. The summed E-state index contributed by atoms with van der Waals surface area (Å²) in [6.45, 7) is 0. The van der Waals surface area contributed by atoms with E-state index in [-0.39, 0.29) is 9.79 Å². The second-order valence-electron chi connectivity index (χ2n) is 8.76. The summed E-state index contributed by atoms with van der Waals surface area (Å²) in [5, 5.41) is 4.04. The zero-order valence-corrected chi connectivity index (χ0v) is 22.3. The lowest BCUT2D eigenvalue weighted by atomic mass is 10.1. The van der Waals surface area contributed by atoms with Crippen LogP contribution >= 0.6 is 0 Å². The molecule has 0 amide bonds. The van der Waals surface area contributed by atoms with Crippen LogP contribution in [0.5, 0.6) is 0 Å². The Hall–Kier alpha value is -4.94. The SMILES string of the molecule is O=S(=O)(Nc1cncc(-c2ccc3ncc(-c4cnn(S(=O)(=O)c5ccccc5)c4)nc3c2)c1)c1ccccc1. The topological polar surface area (TPSA) is 137 Å². The largest absolute Gasteiger partial charge is 0.282 e. The van der Waals surface area contributed by atoms with Crippen molar-refractivity contribution in [2.45, 2.75) is 9.79 Å². The first kappa shape index (κ1) is 25.3. The lowest BCUT2D eigenvalue weighted by Gasteiger charge is -2.10. The van der Waals surface area contributed by atoms with Gasteiger partial charge in [0.15, 0.2) is 0 Å². The van der Waals surface area contributed by atoms with Gasteiger partial charge in [0.25, 0.3) is 20.0 Å². The maximum absolute atomic E-state index is 12.9. The smallest absolute Gasteiger partial charge is 0.278 e. The van der Waals surface area contributed by atoms with Crippen LogP contribution in [0.4, 0.5) is 5.69 Å². The van der Waals surface area contributed by atoms with Gasteiger partial charge in [0.2, 0.25) is 0 Å². The van der Waals surface area contributed by atoms with Crippen molar-refractivity contribution in [3.63, 3.8) is 0 Å². The van der Waals surface area contributed by atoms with Gasteiger partial charge >= 0.3 is 0 Å². The maximum atomic E-state index is 12.9. The average molecular weight is 569 g/mol. The molecule has 0 aliphatic carbocycles. The standard InChI is InChI=1S/C28H20N6O4S2/c35-39(36,24-7-3-1-4-8-24)33-23-13-21(15-29-17-23)20-11-12-26-27(14-20)32-28(18-30-26)22-16-31-34(19-22)40(37,38)25-9-5-2-6-10-25/h1-19,33H. The molecule has 12 heteroatoms. The fourth-order valence-corrected chi connectivity index (χ4v) is 6.26. The fourth-order valence-electron chi connectivity index (χ4n) is 4.07. The van der Waals surface area contributed by atoms with E-state index < -0.39 is 20.0 Å². The van der Waals surface area contributed by atoms with Gasteiger partial charge in [-0.3, -0.25) is 14.7 Å². The van der Waals surface area contributed by atoms with Gasteiger partial charge in [-0.1, -0.05) is 42.5 Å². The summed E-state index contributed by atoms with van der Waals surface area (Å²) in [5.41, 5.74) is 3.85. The molecule has 0 fully saturated rings. The van der Waals surface area contributed by atoms with Crippen LogP contribution in [0.15, 0.2) is 126 Å². The van der Waals surface area contributed by atoms with Crippen molar-refractivity contribution in [3.05, 3.63) is 116 Å². The number of benzene rings is 3. The first-order valence-electron chi connectivity index (χ1n) is 12.0. The predicted molar refractivity (Wildman–Crippen MR) is 150 cm³/mol. The molecule has 3 aromatic heterocycles. The van der Waals surface area contributed by atoms with Crippen molar-refractivity contribution in [3.8, 4) is 22.4 Å². The summed E-state index contributed by atoms with van der Waals surface area (Å²) < 4.78 is 54.8. The van der Waals surface area contributed by atoms with E-state index in [4.69, 9.17) is 0 Å². The van der Waals surface area contributed by atoms with E-state index in [2.05, 4.69) is 24.8 Å². The van der Waals surface area contributed by atoms with Crippen molar-refractivity contribution in [1.29, 1.82) is 0 Å². The third-order valence-electron chi connectivity index (χ3n) is 6.06. The molecule has 1 N–H and O–H groups in total. The predicted octanol–water partition coefficient (Wildman–Crippen LogP) is 4.59. The number of rotatable bonds is 7. The highest BCUT2D eigenvalue weighted by Crippen LogP contribution is 2.27. The Labute approximate surface area is 230 Å². The van der Waals surface area contributed by atoms with Crippen molar-refractivity contribution < 1.29 is 16.8 Å². The van der Waals surface area contributed by atoms with Gasteiger partial charge in [-0.25, -0.2) is 13.4 Å². The highest BCUT2D eigenvalue weighted by molar-refractivity contribution is 7.92. The summed E-state index contributed by atoms with van der Waals surface area (Å²) in [7, 11) is -7.62. The van der Waals surface area contributed by atoms with Crippen molar-refractivity contribution in [1.82, 2.24) is 24.1 Å². The minimum Gasteiger partial charge on any atom is -0.278 e. The van der Waals surface area contributed by atoms with Gasteiger partial charge in [-0.15, -0.1) is 0 Å². The number of hydrogen-bond acceptors (Lipinski definition) is 8. The molecule has 0 unspecified atom stereocenters. The molecule has 3 heterocycles. The Morgan fingerprint density at radius 2 is 1.38 bits per heavy atom. The van der Waals surface area contributed by atoms with Crippen molar-refractivity contribution in [2.75, 3.05) is 4.72 Å². The molecular weight excluding hydrogens is 548 g/mol. The summed E-state index contributed by atoms with van der Waals surface area (Å²) in [6, 6.07) is 23.2. The van der Waals surface area contributed by atoms with Crippen molar-refractivity contribution >= 4 is 36.8 Å². The number of nitrogens with zero attached hydrogens (tertiary/aromatic N) is 5. The van der Waals surface area contributed by atoms with Gasteiger partial charge in [0.05, 0.1) is 57.0 Å². The summed E-state index contributed by atoms with van der Waals surface area (Å²) in [6.07, 6.45) is 7.43. The first-order chi connectivity index (χ1) is 19.3. The van der Waals surface area contributed by atoms with Crippen LogP contribution in [-0.4, -0.2) is 41.0 Å². The minimum atomic E-state index is -3.84. The second-order valence-corrected chi connectivity index (χ2v) is 12.2. The van der Waals surface area contributed by atoms with E-state index >= 15 is 0 Å². The Balaban J connectivity index is 1.30. The first-order valence-corrected chi connectivity index (χ1v) is 14.9. The van der Waals surface area contributed by atoms with E-state index in [0.29, 0.717) is 33.5 Å². The molecule has 3 aromatic carbocycles. The second kappa shape index (κ2) is 9.98. The molecule has 0 bridgehead atoms. The molecule has 6 rings (SSSR count). The summed E-state index contributed by atoms with van der Waals surface area (Å²) in [5.74, 6) is 0. The van der Waals surface area contributed by atoms with Crippen LogP contribution in [0, 0.1) is 0 Å². The Bertz CT molecular complexity index is 2060. The maximum Gasteiger partial charge on any atom is 0.282 e. The molecule has 0 spiro atoms. The molecule has 40 heavy (non-hydrogen) atoms. The Kier molecular flexibility index (Phi) is 6.33. The monoisotopic (exact) mass is 568 g/mol. The number of sulfonamides is 1. The van der Waals surface area contributed by atoms with Crippen molar-refractivity contribution in [2.24, 2.45) is 0 Å². The molecule has 0 saturated heterocycles. The third kappa shape index (κ3) is 4.93. The molecule has 0 aliphatic heterocycles. The molecule has 0 radical (unpaired) electrons. The lowest BCUT2D eigenvalue weighted by molar-refractivity contribution is 0.580. The normalized spacial score (nSPS) is 11.9. The minimum absolute atomic E-state index is 0.126. The van der Waals surface area contributed by atoms with E-state index in [1.807, 2.05) is 12.1 Å². The van der Waals surface area contributed by atoms with E-state index in [9.17, 15) is 16.8 Å². The number of hydrogen-bond donors (Lipinski definition) is 1. The fraction of sp³-hybridized carbons (Fsp3) is 0. The zero-order chi connectivity index (χ0) is 27.7. The number of anilines is 1. The number of nitrogens with one attached hydrogen (secondary N) is 1. The van der Waals surface area contributed by atoms with E-state index in [1.165, 1.54) is 42.9 Å². The van der Waals surface area contributed by atoms with E-state index in [1.54, 1.807) is 60.9 Å². The highest BCUT2D eigenvalue weighted by atomic mass is 32.2. The van der Waals surface area contributed by atoms with Crippen LogP contribution in [-0.2, 0) is 20.0 Å². The molecule has 0 atom stereocenters. The van der Waals surface area contributed by atoms with Crippen LogP contribution in [0.2, 0.25) is 0 Å². The highest BCUT2D eigenvalue weighted by Gasteiger charge is 2.19. The molecule has 0 saturated carbocycles. The molecule has 10 nitrogen and oxygen atoms in total. The van der Waals surface area contributed by atoms with Gasteiger partial charge < -0.3 is 0 Å². The third-order valence-corrected chi connectivity index (χ3v) is 9.02. The van der Waals surface area contributed by atoms with Crippen LogP contribution in [0.25, 0.3) is 33.4 Å². The van der Waals surface area contributed by atoms with Gasteiger partial charge in [0, 0.05) is 17.3 Å². The van der Waals surface area contributed by atoms with Gasteiger partial charge in [-0.2, -0.15) is 17.6 Å². The zero-order valence-electron chi connectivity index (χ0n) is 20.7.